The zero-order valence-electron chi connectivity index (χ0n) is 18.0. The maximum atomic E-state index is 13.1. The number of hydrogen-bond donors (Lipinski definition) is 1. The van der Waals surface area contributed by atoms with Crippen LogP contribution < -0.4 is 5.43 Å². The summed E-state index contributed by atoms with van der Waals surface area (Å²) in [4.78, 5) is 14.1. The van der Waals surface area contributed by atoms with Crippen LogP contribution in [0.5, 0.6) is 0 Å². The van der Waals surface area contributed by atoms with Gasteiger partial charge >= 0.3 is 0 Å². The summed E-state index contributed by atoms with van der Waals surface area (Å²) in [5, 5.41) is 8.48. The van der Waals surface area contributed by atoms with E-state index in [1.807, 2.05) is 110 Å². The fourth-order valence-electron chi connectivity index (χ4n) is 3.42. The molecule has 3 aromatic carbocycles. The summed E-state index contributed by atoms with van der Waals surface area (Å²) < 4.78 is 1.89. The lowest BCUT2D eigenvalue weighted by Crippen LogP contribution is -2.23. The predicted octanol–water partition coefficient (Wildman–Crippen LogP) is 5.47. The predicted molar refractivity (Wildman–Crippen MR) is 130 cm³/mol. The molecular weight excluding hydrogens is 416 g/mol. The molecule has 0 radical (unpaired) electrons. The normalized spacial score (nSPS) is 12.1. The first kappa shape index (κ1) is 21.6. The van der Waals surface area contributed by atoms with E-state index in [0.29, 0.717) is 0 Å². The van der Waals surface area contributed by atoms with Crippen molar-refractivity contribution in [3.05, 3.63) is 114 Å². The van der Waals surface area contributed by atoms with Crippen molar-refractivity contribution in [2.75, 3.05) is 0 Å². The molecule has 0 aliphatic carbocycles. The van der Waals surface area contributed by atoms with E-state index in [1.54, 1.807) is 6.21 Å². The zero-order chi connectivity index (χ0) is 22.3. The summed E-state index contributed by atoms with van der Waals surface area (Å²) in [6.07, 6.45) is 1.67. The van der Waals surface area contributed by atoms with E-state index in [9.17, 15) is 4.79 Å². The molecule has 32 heavy (non-hydrogen) atoms. The molecule has 0 unspecified atom stereocenters. The number of nitrogens with one attached hydrogen (secondary N) is 1. The van der Waals surface area contributed by atoms with Crippen LogP contribution >= 0.6 is 11.8 Å². The van der Waals surface area contributed by atoms with Crippen LogP contribution in [0.3, 0.4) is 0 Å². The van der Waals surface area contributed by atoms with Gasteiger partial charge in [-0.2, -0.15) is 10.2 Å². The minimum atomic E-state index is -0.412. The number of carbonyl (C=O) groups is 1. The van der Waals surface area contributed by atoms with Crippen LogP contribution in [0.25, 0.3) is 5.69 Å². The number of aromatic nitrogens is 2. The van der Waals surface area contributed by atoms with Crippen LogP contribution in [0, 0.1) is 13.8 Å². The lowest BCUT2D eigenvalue weighted by Gasteiger charge is -2.15. The highest BCUT2D eigenvalue weighted by molar-refractivity contribution is 8.00. The number of hydrogen-bond acceptors (Lipinski definition) is 4. The van der Waals surface area contributed by atoms with Gasteiger partial charge in [0.2, 0.25) is 0 Å². The van der Waals surface area contributed by atoms with Crippen molar-refractivity contribution >= 4 is 23.9 Å². The number of aryl methyl sites for hydroxylation is 1. The molecule has 1 amide bonds. The Morgan fingerprint density at radius 3 is 2.19 bits per heavy atom. The van der Waals surface area contributed by atoms with E-state index in [-0.39, 0.29) is 5.91 Å². The number of amides is 1. The minimum Gasteiger partial charge on any atom is -0.271 e. The first-order valence-electron chi connectivity index (χ1n) is 10.3. The fraction of sp³-hybridized carbons (Fsp3) is 0.115. The van der Waals surface area contributed by atoms with E-state index in [4.69, 9.17) is 0 Å². The van der Waals surface area contributed by atoms with Crippen LogP contribution in [0.2, 0.25) is 0 Å². The van der Waals surface area contributed by atoms with Crippen molar-refractivity contribution < 1.29 is 4.79 Å². The van der Waals surface area contributed by atoms with E-state index in [0.717, 1.165) is 33.1 Å². The van der Waals surface area contributed by atoms with Crippen LogP contribution in [0.4, 0.5) is 0 Å². The van der Waals surface area contributed by atoms with E-state index in [1.165, 1.54) is 11.8 Å². The van der Waals surface area contributed by atoms with Gasteiger partial charge < -0.3 is 0 Å². The fourth-order valence-corrected chi connectivity index (χ4v) is 4.46. The summed E-state index contributed by atoms with van der Waals surface area (Å²) in [6, 6.07) is 29.6. The van der Waals surface area contributed by atoms with E-state index >= 15 is 0 Å². The maximum absolute atomic E-state index is 13.1. The van der Waals surface area contributed by atoms with E-state index < -0.39 is 5.25 Å². The number of nitrogens with zero attached hydrogens (tertiary/aromatic N) is 3. The van der Waals surface area contributed by atoms with Gasteiger partial charge in [0.1, 0.15) is 5.25 Å². The molecule has 5 nitrogen and oxygen atoms in total. The Morgan fingerprint density at radius 2 is 1.53 bits per heavy atom. The summed E-state index contributed by atoms with van der Waals surface area (Å²) in [6.45, 7) is 3.93. The first-order valence-corrected chi connectivity index (χ1v) is 11.2. The standard InChI is InChI=1S/C26H24N4OS/c1-19-24(20(2)30(29-19)22-14-8-4-9-15-22)18-27-28-26(31)25(21-12-6-3-7-13-21)32-23-16-10-5-11-17-23/h3-18,25H,1-2H3,(H,28,31)/b27-18-/t25-/m1/s1. The molecule has 0 saturated heterocycles. The summed E-state index contributed by atoms with van der Waals surface area (Å²) in [5.74, 6) is -0.174. The quantitative estimate of drug-likeness (QED) is 0.235. The van der Waals surface area contributed by atoms with Crippen LogP contribution in [0.1, 0.15) is 27.8 Å². The minimum absolute atomic E-state index is 0.174. The van der Waals surface area contributed by atoms with Gasteiger partial charge in [0.15, 0.2) is 0 Å². The van der Waals surface area contributed by atoms with Crippen molar-refractivity contribution in [1.29, 1.82) is 0 Å². The van der Waals surface area contributed by atoms with Crippen molar-refractivity contribution in [1.82, 2.24) is 15.2 Å². The number of hydrazone groups is 1. The molecule has 1 aromatic heterocycles. The van der Waals surface area contributed by atoms with Gasteiger partial charge in [-0.25, -0.2) is 10.1 Å². The Hall–Kier alpha value is -3.64. The zero-order valence-corrected chi connectivity index (χ0v) is 18.8. The third-order valence-corrected chi connectivity index (χ3v) is 6.32. The number of carbonyl (C=O) groups excluding carboxylic acids is 1. The van der Waals surface area contributed by atoms with E-state index in [2.05, 4.69) is 15.6 Å². The Morgan fingerprint density at radius 1 is 0.938 bits per heavy atom. The van der Waals surface area contributed by atoms with Gasteiger partial charge in [0.05, 0.1) is 23.3 Å². The molecular formula is C26H24N4OS. The molecule has 160 valence electrons. The Kier molecular flexibility index (Phi) is 6.82. The Bertz CT molecular complexity index is 1200. The van der Waals surface area contributed by atoms with Crippen molar-refractivity contribution in [2.45, 2.75) is 24.0 Å². The maximum Gasteiger partial charge on any atom is 0.258 e. The summed E-state index contributed by atoms with van der Waals surface area (Å²) >= 11 is 1.50. The summed E-state index contributed by atoms with van der Waals surface area (Å²) in [7, 11) is 0. The molecule has 0 bridgehead atoms. The number of rotatable bonds is 7. The Labute approximate surface area is 192 Å². The van der Waals surface area contributed by atoms with Crippen molar-refractivity contribution in [3.8, 4) is 5.69 Å². The third-order valence-electron chi connectivity index (χ3n) is 5.05. The topological polar surface area (TPSA) is 59.3 Å². The van der Waals surface area contributed by atoms with Crippen molar-refractivity contribution in [3.63, 3.8) is 0 Å². The largest absolute Gasteiger partial charge is 0.271 e. The van der Waals surface area contributed by atoms with Crippen molar-refractivity contribution in [2.24, 2.45) is 5.10 Å². The number of para-hydroxylation sites is 1. The molecule has 0 aliphatic rings. The highest BCUT2D eigenvalue weighted by Crippen LogP contribution is 2.35. The highest BCUT2D eigenvalue weighted by Gasteiger charge is 2.21. The smallest absolute Gasteiger partial charge is 0.258 e. The van der Waals surface area contributed by atoms with Crippen LogP contribution in [0.15, 0.2) is 101 Å². The van der Waals surface area contributed by atoms with Crippen LogP contribution in [-0.4, -0.2) is 21.9 Å². The molecule has 0 saturated carbocycles. The van der Waals surface area contributed by atoms with Gasteiger partial charge in [0, 0.05) is 10.5 Å². The molecule has 1 N–H and O–H groups in total. The molecule has 1 atom stereocenters. The lowest BCUT2D eigenvalue weighted by molar-refractivity contribution is -0.120. The lowest BCUT2D eigenvalue weighted by atomic mass is 10.1. The molecule has 1 heterocycles. The second-order valence-electron chi connectivity index (χ2n) is 7.29. The Balaban J connectivity index is 1.53. The van der Waals surface area contributed by atoms with Gasteiger partial charge in [-0.05, 0) is 43.7 Å². The average Bonchev–Trinajstić information content (AvgIpc) is 3.12. The molecule has 0 spiro atoms. The first-order chi connectivity index (χ1) is 15.6. The van der Waals surface area contributed by atoms with Gasteiger partial charge in [-0.1, -0.05) is 66.7 Å². The second-order valence-corrected chi connectivity index (χ2v) is 8.47. The molecule has 4 aromatic rings. The number of benzene rings is 3. The molecule has 6 heteroatoms. The molecule has 0 fully saturated rings. The number of thioether (sulfide) groups is 1. The summed E-state index contributed by atoms with van der Waals surface area (Å²) in [5.41, 5.74) is 7.34. The van der Waals surface area contributed by atoms with Gasteiger partial charge in [-0.3, -0.25) is 4.79 Å². The molecule has 0 aliphatic heterocycles. The molecule has 4 rings (SSSR count). The average molecular weight is 441 g/mol. The third kappa shape index (κ3) is 4.98. The van der Waals surface area contributed by atoms with Gasteiger partial charge in [-0.15, -0.1) is 11.8 Å². The van der Waals surface area contributed by atoms with Gasteiger partial charge in [0.25, 0.3) is 5.91 Å². The second kappa shape index (κ2) is 10.1. The SMILES string of the molecule is Cc1nn(-c2ccccc2)c(C)c1/C=N\NC(=O)[C@H](Sc1ccccc1)c1ccccc1. The van der Waals surface area contributed by atoms with Crippen LogP contribution in [-0.2, 0) is 4.79 Å². The monoisotopic (exact) mass is 440 g/mol. The highest BCUT2D eigenvalue weighted by atomic mass is 32.2.